The summed E-state index contributed by atoms with van der Waals surface area (Å²) in [4.78, 5) is 3.84. The molecule has 1 aliphatic heterocycles. The van der Waals surface area contributed by atoms with E-state index in [1.807, 2.05) is 0 Å². The van der Waals surface area contributed by atoms with Crippen LogP contribution in [0.4, 0.5) is 0 Å². The molecule has 1 atom stereocenters. The van der Waals surface area contributed by atoms with E-state index < -0.39 is 0 Å². The monoisotopic (exact) mass is 450 g/mol. The van der Waals surface area contributed by atoms with Gasteiger partial charge in [-0.05, 0) is 54.3 Å². The first-order valence-corrected chi connectivity index (χ1v) is 12.2. The maximum Gasteiger partial charge on any atom is 0.0759 e. The van der Waals surface area contributed by atoms with Gasteiger partial charge in [0.25, 0.3) is 0 Å². The predicted molar refractivity (Wildman–Crippen MR) is 145 cm³/mol. The Balaban J connectivity index is 1.63. The normalized spacial score (nSPS) is 16.4. The molecule has 0 spiro atoms. The first-order chi connectivity index (χ1) is 17.2. The number of aromatic nitrogens is 2. The van der Waals surface area contributed by atoms with Crippen LogP contribution in [0.25, 0.3) is 39.0 Å². The van der Waals surface area contributed by atoms with E-state index in [1.54, 1.807) is 0 Å². The maximum absolute atomic E-state index is 3.84. The second kappa shape index (κ2) is 7.35. The molecule has 0 radical (unpaired) electrons. The van der Waals surface area contributed by atoms with Crippen LogP contribution in [-0.2, 0) is 5.41 Å². The van der Waals surface area contributed by atoms with Crippen molar-refractivity contribution in [1.29, 1.82) is 0 Å². The Morgan fingerprint density at radius 3 is 2.06 bits per heavy atom. The third-order valence-corrected chi connectivity index (χ3v) is 7.78. The van der Waals surface area contributed by atoms with Gasteiger partial charge in [0.05, 0.1) is 16.8 Å². The van der Waals surface area contributed by atoms with Gasteiger partial charge in [-0.15, -0.1) is 0 Å². The first-order valence-electron chi connectivity index (χ1n) is 12.2. The Kier molecular flexibility index (Phi) is 4.22. The van der Waals surface area contributed by atoms with E-state index in [0.29, 0.717) is 0 Å². The molecule has 0 amide bonds. The van der Waals surface area contributed by atoms with E-state index in [0.717, 1.165) is 0 Å². The van der Waals surface area contributed by atoms with Crippen molar-refractivity contribution in [2.45, 2.75) is 19.3 Å². The van der Waals surface area contributed by atoms with Crippen molar-refractivity contribution in [2.75, 3.05) is 0 Å². The van der Waals surface area contributed by atoms with E-state index in [1.165, 1.54) is 61.5 Å². The smallest absolute Gasteiger partial charge is 0.0759 e. The van der Waals surface area contributed by atoms with Crippen LogP contribution in [0, 0.1) is 6.92 Å². The van der Waals surface area contributed by atoms with Crippen molar-refractivity contribution < 1.29 is 0 Å². The molecular weight excluding hydrogens is 424 g/mol. The molecule has 0 unspecified atom stereocenters. The number of fused-ring (bicyclic) bond motifs is 4. The molecule has 1 N–H and O–H groups in total. The van der Waals surface area contributed by atoms with E-state index >= 15 is 0 Å². The van der Waals surface area contributed by atoms with Crippen LogP contribution in [0.5, 0.6) is 0 Å². The number of hydrogen-bond donors (Lipinski definition) is 1. The molecule has 0 saturated carbocycles. The van der Waals surface area contributed by atoms with Crippen LogP contribution < -0.4 is 0 Å². The number of benzene rings is 4. The molecule has 0 bridgehead atoms. The molecule has 35 heavy (non-hydrogen) atoms. The Morgan fingerprint density at radius 2 is 1.31 bits per heavy atom. The summed E-state index contributed by atoms with van der Waals surface area (Å²) in [6.45, 7) is 4.65. The van der Waals surface area contributed by atoms with Crippen molar-refractivity contribution in [3.8, 4) is 28.1 Å². The highest BCUT2D eigenvalue weighted by Gasteiger charge is 2.46. The average molecular weight is 451 g/mol. The molecule has 6 aromatic rings. The minimum Gasteiger partial charge on any atom is -0.357 e. The van der Waals surface area contributed by atoms with Crippen molar-refractivity contribution in [3.63, 3.8) is 0 Å². The lowest BCUT2D eigenvalue weighted by atomic mass is 9.75. The Hall–Kier alpha value is -4.30. The summed E-state index contributed by atoms with van der Waals surface area (Å²) < 4.78 is 2.50. The summed E-state index contributed by atoms with van der Waals surface area (Å²) in [6, 6.07) is 41.5. The van der Waals surface area contributed by atoms with Crippen molar-refractivity contribution in [1.82, 2.24) is 9.55 Å². The maximum atomic E-state index is 3.84. The lowest BCUT2D eigenvalue weighted by Gasteiger charge is -2.27. The Bertz CT molecular complexity index is 1700. The van der Waals surface area contributed by atoms with E-state index in [9.17, 15) is 0 Å². The first kappa shape index (κ1) is 20.1. The lowest BCUT2D eigenvalue weighted by Crippen LogP contribution is -2.25. The summed E-state index contributed by atoms with van der Waals surface area (Å²) in [5.74, 6) is 0. The molecule has 2 aromatic heterocycles. The largest absolute Gasteiger partial charge is 0.357 e. The van der Waals surface area contributed by atoms with Crippen molar-refractivity contribution in [3.05, 3.63) is 138 Å². The summed E-state index contributed by atoms with van der Waals surface area (Å²) in [5, 5.41) is 1.29. The summed E-state index contributed by atoms with van der Waals surface area (Å²) in [7, 11) is 0. The molecule has 2 heteroatoms. The number of nitrogens with zero attached hydrogens (tertiary/aromatic N) is 1. The van der Waals surface area contributed by atoms with Gasteiger partial charge < -0.3 is 9.55 Å². The van der Waals surface area contributed by atoms with Crippen LogP contribution in [0.15, 0.2) is 115 Å². The van der Waals surface area contributed by atoms with E-state index in [2.05, 4.69) is 139 Å². The third kappa shape index (κ3) is 2.71. The van der Waals surface area contributed by atoms with Gasteiger partial charge in [-0.1, -0.05) is 97.1 Å². The molecule has 7 rings (SSSR count). The molecule has 168 valence electrons. The minimum atomic E-state index is -0.335. The molecule has 0 saturated heterocycles. The predicted octanol–water partition coefficient (Wildman–Crippen LogP) is 8.27. The average Bonchev–Trinajstić information content (AvgIpc) is 3.56. The molecule has 1 aliphatic rings. The Morgan fingerprint density at radius 1 is 0.686 bits per heavy atom. The van der Waals surface area contributed by atoms with Crippen LogP contribution in [-0.4, -0.2) is 9.55 Å². The van der Waals surface area contributed by atoms with Gasteiger partial charge in [0.2, 0.25) is 0 Å². The highest BCUT2D eigenvalue weighted by atomic mass is 15.1. The minimum absolute atomic E-state index is 0.335. The van der Waals surface area contributed by atoms with Crippen LogP contribution in [0.3, 0.4) is 0 Å². The number of rotatable bonds is 3. The Labute approximate surface area is 205 Å². The fraction of sp³-hybridized carbons (Fsp3) is 0.0909. The van der Waals surface area contributed by atoms with Gasteiger partial charge in [0.1, 0.15) is 0 Å². The third-order valence-electron chi connectivity index (χ3n) is 7.78. The topological polar surface area (TPSA) is 20.7 Å². The molecule has 0 fully saturated rings. The van der Waals surface area contributed by atoms with Gasteiger partial charge in [-0.2, -0.15) is 0 Å². The van der Waals surface area contributed by atoms with Gasteiger partial charge in [0, 0.05) is 27.9 Å². The zero-order valence-corrected chi connectivity index (χ0v) is 19.9. The van der Waals surface area contributed by atoms with E-state index in [4.69, 9.17) is 0 Å². The summed E-state index contributed by atoms with van der Waals surface area (Å²) in [5.41, 5.74) is 12.3. The number of hydrogen-bond acceptors (Lipinski definition) is 0. The SMILES string of the molecule is Cc1c([C@]2(C)c3ccccc3-n3c(-c4ccccc4)cc(-c4ccccc4)c32)[nH]c2ccccc12. The second-order valence-corrected chi connectivity index (χ2v) is 9.67. The van der Waals surface area contributed by atoms with Gasteiger partial charge >= 0.3 is 0 Å². The lowest BCUT2D eigenvalue weighted by molar-refractivity contribution is 0.671. The van der Waals surface area contributed by atoms with Gasteiger partial charge in [-0.25, -0.2) is 0 Å². The van der Waals surface area contributed by atoms with Gasteiger partial charge in [-0.3, -0.25) is 0 Å². The van der Waals surface area contributed by atoms with Crippen LogP contribution >= 0.6 is 0 Å². The molecule has 4 aromatic carbocycles. The number of aromatic amines is 1. The molecule has 3 heterocycles. The molecular formula is C33H26N2. The standard InChI is InChI=1S/C33H26N2/c1-22-25-17-9-11-19-28(25)34-31(22)33(2)27-18-10-12-20-29(27)35-30(24-15-7-4-8-16-24)21-26(32(33)35)23-13-5-3-6-14-23/h3-21,34H,1-2H3/t33-/m0/s1. The van der Waals surface area contributed by atoms with Crippen LogP contribution in [0.2, 0.25) is 0 Å². The van der Waals surface area contributed by atoms with Crippen molar-refractivity contribution in [2.24, 2.45) is 0 Å². The number of para-hydroxylation sites is 2. The van der Waals surface area contributed by atoms with Crippen LogP contribution in [0.1, 0.15) is 29.4 Å². The fourth-order valence-electron chi connectivity index (χ4n) is 6.17. The quantitative estimate of drug-likeness (QED) is 0.280. The van der Waals surface area contributed by atoms with Gasteiger partial charge in [0.15, 0.2) is 0 Å². The zero-order chi connectivity index (χ0) is 23.6. The zero-order valence-electron chi connectivity index (χ0n) is 19.9. The summed E-state index contributed by atoms with van der Waals surface area (Å²) in [6.07, 6.45) is 0. The number of H-pyrrole nitrogens is 1. The highest BCUT2D eigenvalue weighted by molar-refractivity contribution is 5.88. The number of nitrogens with one attached hydrogen (secondary N) is 1. The fourth-order valence-corrected chi connectivity index (χ4v) is 6.17. The molecule has 2 nitrogen and oxygen atoms in total. The summed E-state index contributed by atoms with van der Waals surface area (Å²) >= 11 is 0. The van der Waals surface area contributed by atoms with E-state index in [-0.39, 0.29) is 5.41 Å². The second-order valence-electron chi connectivity index (χ2n) is 9.67. The molecule has 0 aliphatic carbocycles. The van der Waals surface area contributed by atoms with Crippen molar-refractivity contribution >= 4 is 10.9 Å². The number of aryl methyl sites for hydroxylation is 1. The highest BCUT2D eigenvalue weighted by Crippen LogP contribution is 2.54.